The molecule has 2 atom stereocenters. The molecule has 1 aliphatic carbocycles. The van der Waals surface area contributed by atoms with Gasteiger partial charge in [-0.1, -0.05) is 34.5 Å². The van der Waals surface area contributed by atoms with Gasteiger partial charge in [-0.3, -0.25) is 4.79 Å². The van der Waals surface area contributed by atoms with Gasteiger partial charge in [-0.2, -0.15) is 0 Å². The summed E-state index contributed by atoms with van der Waals surface area (Å²) < 4.78 is 6.91. The summed E-state index contributed by atoms with van der Waals surface area (Å²) in [6.07, 6.45) is 6.25. The van der Waals surface area contributed by atoms with Crippen molar-refractivity contribution >= 4 is 46.0 Å². The molecule has 1 saturated carbocycles. The van der Waals surface area contributed by atoms with Crippen molar-refractivity contribution < 1.29 is 9.53 Å². The van der Waals surface area contributed by atoms with E-state index in [2.05, 4.69) is 38.1 Å². The molecule has 0 bridgehead atoms. The van der Waals surface area contributed by atoms with Crippen molar-refractivity contribution in [1.82, 2.24) is 24.9 Å². The van der Waals surface area contributed by atoms with Crippen LogP contribution >= 0.6 is 23.2 Å². The molecule has 3 fully saturated rings. The summed E-state index contributed by atoms with van der Waals surface area (Å²) in [6.45, 7) is 8.45. The third-order valence-electron chi connectivity index (χ3n) is 9.09. The van der Waals surface area contributed by atoms with Gasteiger partial charge < -0.3 is 14.5 Å². The molecule has 4 heterocycles. The Balaban J connectivity index is 1.10. The van der Waals surface area contributed by atoms with Crippen LogP contribution in [0.3, 0.4) is 0 Å². The van der Waals surface area contributed by atoms with Crippen LogP contribution in [0.5, 0.6) is 0 Å². The van der Waals surface area contributed by atoms with Crippen molar-refractivity contribution in [3.8, 4) is 0 Å². The number of fused-ring (bicyclic) bond motifs is 1. The highest BCUT2D eigenvalue weighted by Gasteiger charge is 2.50. The van der Waals surface area contributed by atoms with E-state index in [4.69, 9.17) is 27.9 Å². The van der Waals surface area contributed by atoms with Crippen LogP contribution < -0.4 is 4.90 Å². The van der Waals surface area contributed by atoms with Crippen molar-refractivity contribution in [2.24, 2.45) is 17.3 Å². The topological polar surface area (TPSA) is 76.4 Å². The van der Waals surface area contributed by atoms with Gasteiger partial charge >= 0.3 is 5.97 Å². The molecule has 0 radical (unpaired) electrons. The Morgan fingerprint density at radius 1 is 1.16 bits per heavy atom. The summed E-state index contributed by atoms with van der Waals surface area (Å²) in [5.74, 6) is 1.31. The molecule has 8 nitrogen and oxygen atoms in total. The molecule has 38 heavy (non-hydrogen) atoms. The van der Waals surface area contributed by atoms with E-state index in [1.165, 1.54) is 20.0 Å². The Bertz CT molecular complexity index is 1350. The average Bonchev–Trinajstić information content (AvgIpc) is 3.28. The maximum absolute atomic E-state index is 12.1. The Kier molecular flexibility index (Phi) is 6.77. The first-order valence-electron chi connectivity index (χ1n) is 13.5. The van der Waals surface area contributed by atoms with E-state index >= 15 is 0 Å². The summed E-state index contributed by atoms with van der Waals surface area (Å²) in [5.41, 5.74) is 3.27. The summed E-state index contributed by atoms with van der Waals surface area (Å²) in [4.78, 5) is 21.7. The number of hydrogen-bond donors (Lipinski definition) is 0. The van der Waals surface area contributed by atoms with Gasteiger partial charge in [0.2, 0.25) is 5.65 Å². The number of aromatic nitrogens is 4. The summed E-state index contributed by atoms with van der Waals surface area (Å²) in [6, 6.07) is 8.09. The van der Waals surface area contributed by atoms with Crippen molar-refractivity contribution in [3.63, 3.8) is 0 Å². The Hall–Kier alpha value is -2.42. The minimum atomic E-state index is -0.303. The third-order valence-corrected chi connectivity index (χ3v) is 9.66. The van der Waals surface area contributed by atoms with Crippen LogP contribution in [0.4, 0.5) is 5.69 Å². The zero-order valence-corrected chi connectivity index (χ0v) is 23.6. The molecule has 0 N–H and O–H groups in total. The van der Waals surface area contributed by atoms with Crippen LogP contribution in [0.15, 0.2) is 30.5 Å². The second-order valence-corrected chi connectivity index (χ2v) is 12.4. The van der Waals surface area contributed by atoms with E-state index < -0.39 is 0 Å². The van der Waals surface area contributed by atoms with Crippen molar-refractivity contribution in [2.75, 3.05) is 38.2 Å². The number of nitrogens with zero attached hydrogens (tertiary/aromatic N) is 6. The number of rotatable bonds is 6. The molecule has 202 valence electrons. The molecule has 0 spiro atoms. The van der Waals surface area contributed by atoms with Gasteiger partial charge in [-0.15, -0.1) is 5.10 Å². The molecule has 0 amide bonds. The molecular weight excluding hydrogens is 523 g/mol. The van der Waals surface area contributed by atoms with E-state index in [1.54, 1.807) is 6.07 Å². The van der Waals surface area contributed by atoms with Crippen molar-refractivity contribution in [3.05, 3.63) is 46.1 Å². The van der Waals surface area contributed by atoms with Crippen LogP contribution in [0.2, 0.25) is 10.0 Å². The minimum Gasteiger partial charge on any atom is -0.469 e. The lowest BCUT2D eigenvalue weighted by molar-refractivity contribution is -0.162. The molecule has 2 saturated heterocycles. The fourth-order valence-electron chi connectivity index (χ4n) is 6.68. The second-order valence-electron chi connectivity index (χ2n) is 11.6. The van der Waals surface area contributed by atoms with Gasteiger partial charge in [0.15, 0.2) is 0 Å². The standard InChI is InChI=1S/C28H34Cl2N6O2/c1-17(23-7-6-20(29)9-24(23)30)36-25-10-21(13-31-26(25)32-33-36)35-15-19(16-35)18-5-4-8-34(14-18)22-11-28(2,12-22)27(37)38-3/h6-7,9-10,13,17-19,22H,4-5,8,11-12,14-16H2,1-3H3/t17-,18+,22?,28?/m1/s1. The SMILES string of the molecule is COC(=O)C1(C)CC(N2CCC[C@H](C3CN(c4cnc5nnn([C@H](C)c6ccc(Cl)cc6Cl)c5c4)C3)C2)C1. The number of piperidine rings is 1. The number of ether oxygens (including phenoxy) is 1. The molecule has 1 aromatic carbocycles. The summed E-state index contributed by atoms with van der Waals surface area (Å²) in [5, 5.41) is 9.90. The zero-order valence-electron chi connectivity index (χ0n) is 22.1. The lowest BCUT2D eigenvalue weighted by Crippen LogP contribution is -2.58. The van der Waals surface area contributed by atoms with Gasteiger partial charge in [-0.25, -0.2) is 9.67 Å². The maximum atomic E-state index is 12.1. The monoisotopic (exact) mass is 556 g/mol. The third kappa shape index (κ3) is 4.54. The zero-order chi connectivity index (χ0) is 26.6. The molecule has 2 aromatic heterocycles. The number of esters is 1. The highest BCUT2D eigenvalue weighted by atomic mass is 35.5. The summed E-state index contributed by atoms with van der Waals surface area (Å²) in [7, 11) is 1.49. The van der Waals surface area contributed by atoms with Crippen LogP contribution in [0.1, 0.15) is 51.1 Å². The van der Waals surface area contributed by atoms with Crippen LogP contribution in [0, 0.1) is 17.3 Å². The minimum absolute atomic E-state index is 0.0651. The Morgan fingerprint density at radius 2 is 1.95 bits per heavy atom. The first-order chi connectivity index (χ1) is 18.3. The highest BCUT2D eigenvalue weighted by Crippen LogP contribution is 2.46. The van der Waals surface area contributed by atoms with E-state index in [1.807, 2.05) is 29.9 Å². The number of pyridine rings is 1. The Labute approximate surface area is 233 Å². The average molecular weight is 558 g/mol. The van der Waals surface area contributed by atoms with Crippen LogP contribution in [0.25, 0.3) is 11.2 Å². The second kappa shape index (κ2) is 9.96. The quantitative estimate of drug-likeness (QED) is 0.384. The largest absolute Gasteiger partial charge is 0.469 e. The van der Waals surface area contributed by atoms with Gasteiger partial charge in [0.25, 0.3) is 0 Å². The van der Waals surface area contributed by atoms with Gasteiger partial charge in [0, 0.05) is 35.7 Å². The predicted octanol–water partition coefficient (Wildman–Crippen LogP) is 5.23. The molecule has 0 unspecified atom stereocenters. The van der Waals surface area contributed by atoms with E-state index in [9.17, 15) is 4.79 Å². The number of likely N-dealkylation sites (tertiary alicyclic amines) is 1. The van der Waals surface area contributed by atoms with Crippen molar-refractivity contribution in [1.29, 1.82) is 0 Å². The summed E-state index contributed by atoms with van der Waals surface area (Å²) >= 11 is 12.6. The number of anilines is 1. The molecule has 10 heteroatoms. The fourth-order valence-corrected chi connectivity index (χ4v) is 7.25. The number of halogens is 2. The molecule has 6 rings (SSSR count). The van der Waals surface area contributed by atoms with Crippen LogP contribution in [-0.4, -0.2) is 70.2 Å². The lowest BCUT2D eigenvalue weighted by Gasteiger charge is -2.53. The van der Waals surface area contributed by atoms with Gasteiger partial charge in [0.05, 0.1) is 30.5 Å². The van der Waals surface area contributed by atoms with E-state index in [0.717, 1.165) is 55.8 Å². The first-order valence-corrected chi connectivity index (χ1v) is 14.2. The van der Waals surface area contributed by atoms with E-state index in [0.29, 0.717) is 33.6 Å². The molecule has 3 aliphatic rings. The number of hydrogen-bond acceptors (Lipinski definition) is 7. The normalized spacial score (nSPS) is 27.1. The number of carbonyl (C=O) groups is 1. The predicted molar refractivity (Wildman–Crippen MR) is 149 cm³/mol. The maximum Gasteiger partial charge on any atom is 0.311 e. The first kappa shape index (κ1) is 25.8. The number of benzene rings is 1. The van der Waals surface area contributed by atoms with Gasteiger partial charge in [-0.05, 0) is 81.7 Å². The van der Waals surface area contributed by atoms with Crippen molar-refractivity contribution in [2.45, 2.75) is 51.6 Å². The number of carbonyl (C=O) groups excluding carboxylic acids is 1. The fraction of sp³-hybridized carbons (Fsp3) is 0.571. The Morgan fingerprint density at radius 3 is 2.68 bits per heavy atom. The lowest BCUT2D eigenvalue weighted by atomic mass is 9.65. The molecule has 2 aliphatic heterocycles. The van der Waals surface area contributed by atoms with E-state index in [-0.39, 0.29) is 17.4 Å². The van der Waals surface area contributed by atoms with Gasteiger partial charge in [0.1, 0.15) is 5.52 Å². The highest BCUT2D eigenvalue weighted by molar-refractivity contribution is 6.35. The number of methoxy groups -OCH3 is 1. The smallest absolute Gasteiger partial charge is 0.311 e. The molecule has 3 aromatic rings. The van der Waals surface area contributed by atoms with Crippen LogP contribution in [-0.2, 0) is 9.53 Å². The molecular formula is C28H34Cl2N6O2.